The van der Waals surface area contributed by atoms with E-state index in [1.165, 1.54) is 46.6 Å². The molecule has 0 saturated carbocycles. The summed E-state index contributed by atoms with van der Waals surface area (Å²) < 4.78 is 51.5. The molecule has 4 N–H and O–H groups in total. The van der Waals surface area contributed by atoms with Gasteiger partial charge in [0, 0.05) is 25.6 Å². The summed E-state index contributed by atoms with van der Waals surface area (Å²) in [6.45, 7) is 3.28. The zero-order valence-corrected chi connectivity index (χ0v) is 35.8. The molecule has 0 bridgehead atoms. The number of ketones is 2. The third-order valence-electron chi connectivity index (χ3n) is 8.00. The Kier molecular flexibility index (Phi) is 16.4. The molecule has 0 aliphatic heterocycles. The van der Waals surface area contributed by atoms with Crippen LogP contribution in [-0.4, -0.2) is 75.8 Å². The molecule has 3 aromatic carbocycles. The third-order valence-corrected chi connectivity index (χ3v) is 12.1. The summed E-state index contributed by atoms with van der Waals surface area (Å²) in [4.78, 5) is 74.0. The Balaban J connectivity index is 0.000000242. The van der Waals surface area contributed by atoms with E-state index in [-0.39, 0.29) is 51.7 Å². The third kappa shape index (κ3) is 14.0. The number of aliphatic carboxylic acids is 2. The molecule has 0 saturated heterocycles. The second-order valence-electron chi connectivity index (χ2n) is 12.7. The van der Waals surface area contributed by atoms with Crippen LogP contribution in [0.25, 0.3) is 11.0 Å². The molecule has 20 heteroatoms. The molecule has 0 fully saturated rings. The lowest BCUT2D eigenvalue weighted by molar-refractivity contribution is -0.274. The molecular weight excluding hydrogens is 894 g/mol. The number of anilines is 2. The average molecular weight is 929 g/mol. The predicted octanol–water partition coefficient (Wildman–Crippen LogP) is 9.42. The van der Waals surface area contributed by atoms with Gasteiger partial charge in [0.15, 0.2) is 18.2 Å². The average Bonchev–Trinajstić information content (AvgIpc) is 3.95. The van der Waals surface area contributed by atoms with E-state index in [2.05, 4.69) is 15.4 Å². The van der Waals surface area contributed by atoms with Gasteiger partial charge in [0.2, 0.25) is 17.6 Å². The number of carboxylic acids is 2. The van der Waals surface area contributed by atoms with Gasteiger partial charge >= 0.3 is 18.3 Å². The van der Waals surface area contributed by atoms with Crippen molar-refractivity contribution in [1.29, 1.82) is 0 Å². The van der Waals surface area contributed by atoms with Crippen molar-refractivity contribution in [3.8, 4) is 11.5 Å². The van der Waals surface area contributed by atoms with Crippen LogP contribution in [0.1, 0.15) is 48.7 Å². The van der Waals surface area contributed by atoms with Crippen molar-refractivity contribution in [1.82, 2.24) is 0 Å². The van der Waals surface area contributed by atoms with Gasteiger partial charge in [-0.25, -0.2) is 4.79 Å². The second-order valence-corrected chi connectivity index (χ2v) is 17.1. The van der Waals surface area contributed by atoms with Gasteiger partial charge in [-0.1, -0.05) is 25.1 Å². The number of furan rings is 1. The first-order valence-corrected chi connectivity index (χ1v) is 21.9. The van der Waals surface area contributed by atoms with Gasteiger partial charge in [0.25, 0.3) is 0 Å². The number of carbonyl (C=O) groups is 6. The summed E-state index contributed by atoms with van der Waals surface area (Å²) in [5.41, 5.74) is 1.39. The maximum absolute atomic E-state index is 12.9. The van der Waals surface area contributed by atoms with Gasteiger partial charge in [0.05, 0.1) is 28.4 Å². The number of halogens is 3. The minimum Gasteiger partial charge on any atom is -0.482 e. The zero-order valence-electron chi connectivity index (χ0n) is 32.5. The first-order valence-electron chi connectivity index (χ1n) is 18.1. The SMILES string of the molecule is CCc1cc(C(=O)c2cc3ccccc3o2)c(NC(=O)CSCC(=O)O)s1.Cc1cc(C(=O)c2ccc(OC(F)(F)F)cc2)c(NC(=O)CSc2ccc(OCC(=O)O)cc2)s1. The molecule has 2 amide bonds. The number of nitrogens with one attached hydrogen (secondary N) is 2. The van der Waals surface area contributed by atoms with Crippen LogP contribution >= 0.6 is 46.2 Å². The van der Waals surface area contributed by atoms with E-state index in [1.807, 2.05) is 25.1 Å². The number of aryl methyl sites for hydroxylation is 2. The number of amides is 2. The molecular formula is C42H35F3N2O11S4. The predicted molar refractivity (Wildman–Crippen MR) is 231 cm³/mol. The summed E-state index contributed by atoms with van der Waals surface area (Å²) in [6, 6.07) is 23.5. The number of ether oxygens (including phenoxy) is 2. The summed E-state index contributed by atoms with van der Waals surface area (Å²) >= 11 is 4.78. The first-order chi connectivity index (χ1) is 29.5. The van der Waals surface area contributed by atoms with E-state index < -0.39 is 36.4 Å². The van der Waals surface area contributed by atoms with Crippen LogP contribution in [0.5, 0.6) is 11.5 Å². The van der Waals surface area contributed by atoms with E-state index in [4.69, 9.17) is 19.4 Å². The first kappa shape index (κ1) is 47.0. The Bertz CT molecular complexity index is 2530. The normalized spacial score (nSPS) is 11.0. The molecule has 0 atom stereocenters. The molecule has 324 valence electrons. The topological polar surface area (TPSA) is 199 Å². The van der Waals surface area contributed by atoms with Crippen molar-refractivity contribution < 1.29 is 66.0 Å². The Morgan fingerprint density at radius 1 is 0.742 bits per heavy atom. The number of para-hydroxylation sites is 1. The molecule has 0 unspecified atom stereocenters. The molecule has 62 heavy (non-hydrogen) atoms. The van der Waals surface area contributed by atoms with Crippen molar-refractivity contribution in [2.75, 3.05) is 34.5 Å². The van der Waals surface area contributed by atoms with Crippen LogP contribution in [0.3, 0.4) is 0 Å². The van der Waals surface area contributed by atoms with E-state index in [9.17, 15) is 41.9 Å². The molecule has 0 radical (unpaired) electrons. The number of hydrogen-bond acceptors (Lipinski definition) is 13. The van der Waals surface area contributed by atoms with E-state index in [1.54, 1.807) is 55.5 Å². The fraction of sp³-hybridized carbons (Fsp3) is 0.190. The molecule has 0 aliphatic carbocycles. The zero-order chi connectivity index (χ0) is 45.0. The van der Waals surface area contributed by atoms with Gasteiger partial charge in [-0.05, 0) is 86.1 Å². The quantitative estimate of drug-likeness (QED) is 0.0470. The fourth-order valence-electron chi connectivity index (χ4n) is 5.33. The van der Waals surface area contributed by atoms with Crippen LogP contribution in [0.4, 0.5) is 23.2 Å². The molecule has 6 aromatic rings. The van der Waals surface area contributed by atoms with Gasteiger partial charge in [-0.15, -0.1) is 59.4 Å². The van der Waals surface area contributed by atoms with Crippen LogP contribution in [0.15, 0.2) is 100 Å². The smallest absolute Gasteiger partial charge is 0.482 e. The molecule has 3 heterocycles. The monoisotopic (exact) mass is 928 g/mol. The van der Waals surface area contributed by atoms with E-state index in [0.717, 1.165) is 50.4 Å². The highest BCUT2D eigenvalue weighted by atomic mass is 32.2. The number of hydrogen-bond donors (Lipinski definition) is 4. The number of carboxylic acid groups (broad SMARTS) is 2. The summed E-state index contributed by atoms with van der Waals surface area (Å²) in [6.07, 6.45) is -4.10. The van der Waals surface area contributed by atoms with Crippen LogP contribution in [-0.2, 0) is 25.6 Å². The van der Waals surface area contributed by atoms with Crippen molar-refractivity contribution in [3.63, 3.8) is 0 Å². The number of thioether (sulfide) groups is 2. The van der Waals surface area contributed by atoms with Crippen molar-refractivity contribution in [3.05, 3.63) is 123 Å². The summed E-state index contributed by atoms with van der Waals surface area (Å²) in [5.74, 6) is -3.45. The van der Waals surface area contributed by atoms with Crippen molar-refractivity contribution in [2.45, 2.75) is 31.5 Å². The largest absolute Gasteiger partial charge is 0.573 e. The number of alkyl halides is 3. The lowest BCUT2D eigenvalue weighted by Gasteiger charge is -2.09. The highest BCUT2D eigenvalue weighted by Gasteiger charge is 2.31. The standard InChI is InChI=1S/C23H18F3NO6S2.C19H17NO5S2/c1-13-10-18(21(31)14-2-4-16(5-3-14)33-23(24,25)26)22(35-13)27-19(28)12-34-17-8-6-15(7-9-17)32-11-20(29)30;1-2-12-8-13(19(27-12)20-16(21)9-26-10-17(22)23)18(24)15-7-11-5-3-4-6-14(11)25-15/h2-10H,11-12H2,1H3,(H,27,28)(H,29,30);3-8H,2,9-10H2,1H3,(H,20,21)(H,22,23). The molecule has 0 aliphatic rings. The summed E-state index contributed by atoms with van der Waals surface area (Å²) in [5, 5.41) is 24.3. The fourth-order valence-corrected chi connectivity index (χ4v) is 8.49. The Hall–Kier alpha value is -6.09. The van der Waals surface area contributed by atoms with E-state index in [0.29, 0.717) is 26.9 Å². The molecule has 6 rings (SSSR count). The van der Waals surface area contributed by atoms with Crippen LogP contribution < -0.4 is 20.1 Å². The minimum atomic E-state index is -4.83. The number of thiophene rings is 2. The maximum atomic E-state index is 12.9. The van der Waals surface area contributed by atoms with Gasteiger partial charge in [0.1, 0.15) is 27.1 Å². The number of carbonyl (C=O) groups excluding carboxylic acids is 4. The van der Waals surface area contributed by atoms with Crippen LogP contribution in [0.2, 0.25) is 0 Å². The van der Waals surface area contributed by atoms with Gasteiger partial charge < -0.3 is 34.7 Å². The van der Waals surface area contributed by atoms with Crippen LogP contribution in [0, 0.1) is 6.92 Å². The molecule has 0 spiro atoms. The van der Waals surface area contributed by atoms with Gasteiger partial charge in [-0.2, -0.15) is 0 Å². The highest BCUT2D eigenvalue weighted by molar-refractivity contribution is 8.00. The minimum absolute atomic E-state index is 0.00390. The molecule has 3 aromatic heterocycles. The lowest BCUT2D eigenvalue weighted by Crippen LogP contribution is -2.17. The van der Waals surface area contributed by atoms with Crippen molar-refractivity contribution >= 4 is 102 Å². The Morgan fingerprint density at radius 2 is 1.37 bits per heavy atom. The van der Waals surface area contributed by atoms with E-state index >= 15 is 0 Å². The second kappa shape index (κ2) is 21.6. The Labute approximate surface area is 367 Å². The molecule has 13 nitrogen and oxygen atoms in total. The number of fused-ring (bicyclic) bond motifs is 1. The number of rotatable bonds is 18. The summed E-state index contributed by atoms with van der Waals surface area (Å²) in [7, 11) is 0. The van der Waals surface area contributed by atoms with Crippen molar-refractivity contribution in [2.24, 2.45) is 0 Å². The maximum Gasteiger partial charge on any atom is 0.573 e. The highest BCUT2D eigenvalue weighted by Crippen LogP contribution is 2.33. The van der Waals surface area contributed by atoms with Gasteiger partial charge in [-0.3, -0.25) is 24.0 Å². The lowest BCUT2D eigenvalue weighted by atomic mass is 10.0. The Morgan fingerprint density at radius 3 is 2.00 bits per heavy atom. The number of benzene rings is 3.